The van der Waals surface area contributed by atoms with E-state index in [0.29, 0.717) is 17.9 Å². The molecule has 0 aliphatic carbocycles. The smallest absolute Gasteiger partial charge is 0.254 e. The fourth-order valence-electron chi connectivity index (χ4n) is 5.29. The fourth-order valence-corrected chi connectivity index (χ4v) is 7.17. The summed E-state index contributed by atoms with van der Waals surface area (Å²) in [5, 5.41) is 0. The van der Waals surface area contributed by atoms with Gasteiger partial charge in [0.05, 0.1) is 7.11 Å². The first-order chi connectivity index (χ1) is 14.9. The largest absolute Gasteiger partial charge is 0.495 e. The van der Waals surface area contributed by atoms with Gasteiger partial charge in [0.25, 0.3) is 5.91 Å². The first-order valence-corrected chi connectivity index (χ1v) is 13.1. The van der Waals surface area contributed by atoms with Crippen LogP contribution in [0.2, 0.25) is 0 Å². The minimum atomic E-state index is -3.74. The van der Waals surface area contributed by atoms with Crippen molar-refractivity contribution in [2.24, 2.45) is 0 Å². The Bertz CT molecular complexity index is 898. The monoisotopic (exact) mass is 449 g/mol. The van der Waals surface area contributed by atoms with E-state index in [0.717, 1.165) is 58.3 Å². The maximum absolute atomic E-state index is 13.5. The maximum atomic E-state index is 13.5. The Morgan fingerprint density at radius 2 is 1.77 bits per heavy atom. The molecular weight excluding hydrogens is 414 g/mol. The number of likely N-dealkylation sites (tertiary alicyclic amines) is 2. The summed E-state index contributed by atoms with van der Waals surface area (Å²) in [6.45, 7) is 6.32. The van der Waals surface area contributed by atoms with Crippen LogP contribution in [0, 0.1) is 0 Å². The average molecular weight is 450 g/mol. The van der Waals surface area contributed by atoms with Crippen LogP contribution >= 0.6 is 0 Å². The molecule has 7 nitrogen and oxygen atoms in total. The van der Waals surface area contributed by atoms with Crippen molar-refractivity contribution in [3.63, 3.8) is 0 Å². The number of methoxy groups -OCH3 is 1. The molecule has 3 fully saturated rings. The Morgan fingerprint density at radius 1 is 1.03 bits per heavy atom. The summed E-state index contributed by atoms with van der Waals surface area (Å²) in [6, 6.07) is 5.01. The highest BCUT2D eigenvalue weighted by molar-refractivity contribution is 7.89. The number of ether oxygens (including phenoxy) is 1. The van der Waals surface area contributed by atoms with Gasteiger partial charge in [-0.05, 0) is 76.7 Å². The highest BCUT2D eigenvalue weighted by Crippen LogP contribution is 2.32. The molecule has 3 aliphatic heterocycles. The third-order valence-corrected chi connectivity index (χ3v) is 9.08. The van der Waals surface area contributed by atoms with Crippen LogP contribution in [0.15, 0.2) is 23.1 Å². The van der Waals surface area contributed by atoms with E-state index >= 15 is 0 Å². The molecule has 1 amide bonds. The van der Waals surface area contributed by atoms with Crippen molar-refractivity contribution in [1.29, 1.82) is 0 Å². The first kappa shape index (κ1) is 22.6. The summed E-state index contributed by atoms with van der Waals surface area (Å²) < 4.78 is 33.9. The molecule has 2 atom stereocenters. The van der Waals surface area contributed by atoms with E-state index in [1.165, 1.54) is 26.0 Å². The van der Waals surface area contributed by atoms with E-state index in [2.05, 4.69) is 4.90 Å². The number of nitrogens with zero attached hydrogens (tertiary/aromatic N) is 3. The Labute approximate surface area is 186 Å². The summed E-state index contributed by atoms with van der Waals surface area (Å²) in [5.74, 6) is 0.219. The minimum Gasteiger partial charge on any atom is -0.495 e. The van der Waals surface area contributed by atoms with E-state index < -0.39 is 10.0 Å². The van der Waals surface area contributed by atoms with Gasteiger partial charge in [-0.1, -0.05) is 6.42 Å². The lowest BCUT2D eigenvalue weighted by Gasteiger charge is -2.33. The quantitative estimate of drug-likeness (QED) is 0.668. The van der Waals surface area contributed by atoms with Gasteiger partial charge in [-0.15, -0.1) is 0 Å². The van der Waals surface area contributed by atoms with Crippen molar-refractivity contribution in [3.05, 3.63) is 23.8 Å². The Morgan fingerprint density at radius 3 is 2.48 bits per heavy atom. The number of hydrogen-bond acceptors (Lipinski definition) is 5. The Balaban J connectivity index is 1.60. The normalized spacial score (nSPS) is 25.8. The molecule has 0 aromatic heterocycles. The molecular formula is C23H35N3O4S. The van der Waals surface area contributed by atoms with Crippen molar-refractivity contribution >= 4 is 15.9 Å². The molecule has 1 aromatic rings. The van der Waals surface area contributed by atoms with Crippen LogP contribution in [0.3, 0.4) is 0 Å². The van der Waals surface area contributed by atoms with Crippen LogP contribution in [-0.4, -0.2) is 80.3 Å². The molecule has 0 saturated carbocycles. The first-order valence-electron chi connectivity index (χ1n) is 11.6. The number of sulfonamides is 1. The molecule has 31 heavy (non-hydrogen) atoms. The van der Waals surface area contributed by atoms with Crippen LogP contribution < -0.4 is 4.74 Å². The van der Waals surface area contributed by atoms with Crippen LogP contribution in [0.25, 0.3) is 0 Å². The third-order valence-electron chi connectivity index (χ3n) is 7.04. The zero-order valence-electron chi connectivity index (χ0n) is 18.8. The lowest BCUT2D eigenvalue weighted by Crippen LogP contribution is -2.43. The topological polar surface area (TPSA) is 70.2 Å². The van der Waals surface area contributed by atoms with Crippen LogP contribution in [0.1, 0.15) is 62.2 Å². The van der Waals surface area contributed by atoms with Crippen molar-refractivity contribution in [2.45, 2.75) is 68.8 Å². The zero-order chi connectivity index (χ0) is 22.0. The second-order valence-electron chi connectivity index (χ2n) is 9.13. The molecule has 172 valence electrons. The molecule has 3 aliphatic rings. The van der Waals surface area contributed by atoms with Gasteiger partial charge in [-0.3, -0.25) is 4.79 Å². The average Bonchev–Trinajstić information content (AvgIpc) is 3.45. The van der Waals surface area contributed by atoms with Gasteiger partial charge in [-0.2, -0.15) is 4.31 Å². The standard InChI is InChI=1S/C23H35N3O4S/c1-18-8-3-4-15-26(18)31(28,29)22-16-19(10-11-21(22)30-2)23(27)25-14-7-9-20(25)17-24-12-5-6-13-24/h10-11,16,18,20H,3-9,12-15,17H2,1-2H3. The molecule has 0 spiro atoms. The summed E-state index contributed by atoms with van der Waals surface area (Å²) in [7, 11) is -2.26. The summed E-state index contributed by atoms with van der Waals surface area (Å²) >= 11 is 0. The summed E-state index contributed by atoms with van der Waals surface area (Å²) in [5.41, 5.74) is 0.428. The lowest BCUT2D eigenvalue weighted by molar-refractivity contribution is 0.0708. The van der Waals surface area contributed by atoms with E-state index in [1.54, 1.807) is 16.4 Å². The molecule has 0 radical (unpaired) electrons. The minimum absolute atomic E-state index is 0.0498. The van der Waals surface area contributed by atoms with Gasteiger partial charge in [-0.25, -0.2) is 8.42 Å². The molecule has 4 rings (SSSR count). The predicted octanol–water partition coefficient (Wildman–Crippen LogP) is 2.96. The van der Waals surface area contributed by atoms with Crippen LogP contribution in [0.5, 0.6) is 5.75 Å². The van der Waals surface area contributed by atoms with Gasteiger partial charge >= 0.3 is 0 Å². The van der Waals surface area contributed by atoms with Gasteiger partial charge in [0.1, 0.15) is 10.6 Å². The summed E-state index contributed by atoms with van der Waals surface area (Å²) in [6.07, 6.45) is 7.22. The fraction of sp³-hybridized carbons (Fsp3) is 0.696. The lowest BCUT2D eigenvalue weighted by atomic mass is 10.1. The predicted molar refractivity (Wildman–Crippen MR) is 120 cm³/mol. The molecule has 0 bridgehead atoms. The number of benzene rings is 1. The number of rotatable bonds is 6. The van der Waals surface area contributed by atoms with Crippen LogP contribution in [-0.2, 0) is 10.0 Å². The summed E-state index contributed by atoms with van der Waals surface area (Å²) in [4.78, 5) is 17.9. The van der Waals surface area contributed by atoms with Crippen molar-refractivity contribution in [2.75, 3.05) is 39.8 Å². The van der Waals surface area contributed by atoms with Gasteiger partial charge in [0.15, 0.2) is 0 Å². The Hall–Kier alpha value is -1.64. The second kappa shape index (κ2) is 9.46. The molecule has 3 heterocycles. The third kappa shape index (κ3) is 4.61. The number of amides is 1. The molecule has 2 unspecified atom stereocenters. The number of carbonyl (C=O) groups excluding carboxylic acids is 1. The van der Waals surface area contributed by atoms with Gasteiger partial charge in [0, 0.05) is 37.3 Å². The van der Waals surface area contributed by atoms with Crippen molar-refractivity contribution in [3.8, 4) is 5.75 Å². The van der Waals surface area contributed by atoms with Gasteiger partial charge in [0.2, 0.25) is 10.0 Å². The van der Waals surface area contributed by atoms with Gasteiger partial charge < -0.3 is 14.5 Å². The number of hydrogen-bond donors (Lipinski definition) is 0. The highest BCUT2D eigenvalue weighted by Gasteiger charge is 2.35. The second-order valence-corrected chi connectivity index (χ2v) is 11.0. The maximum Gasteiger partial charge on any atom is 0.254 e. The molecule has 1 aromatic carbocycles. The molecule has 3 saturated heterocycles. The van der Waals surface area contributed by atoms with E-state index in [-0.39, 0.29) is 22.9 Å². The van der Waals surface area contributed by atoms with E-state index in [1.807, 2.05) is 11.8 Å². The molecule has 8 heteroatoms. The SMILES string of the molecule is COc1ccc(C(=O)N2CCCC2CN2CCCC2)cc1S(=O)(=O)N1CCCCC1C. The number of carbonyl (C=O) groups is 1. The zero-order valence-corrected chi connectivity index (χ0v) is 19.6. The Kier molecular flexibility index (Phi) is 6.89. The van der Waals surface area contributed by atoms with E-state index in [9.17, 15) is 13.2 Å². The number of piperidine rings is 1. The highest BCUT2D eigenvalue weighted by atomic mass is 32.2. The van der Waals surface area contributed by atoms with Crippen LogP contribution in [0.4, 0.5) is 0 Å². The van der Waals surface area contributed by atoms with Crippen molar-refractivity contribution in [1.82, 2.24) is 14.1 Å². The molecule has 0 N–H and O–H groups in total. The van der Waals surface area contributed by atoms with Crippen molar-refractivity contribution < 1.29 is 17.9 Å². The van der Waals surface area contributed by atoms with E-state index in [4.69, 9.17) is 4.74 Å².